The molecule has 1 unspecified atom stereocenters. The molecule has 35 heavy (non-hydrogen) atoms. The number of ether oxygens (including phenoxy) is 1. The topological polar surface area (TPSA) is 75.6 Å². The van der Waals surface area contributed by atoms with Gasteiger partial charge in [-0.3, -0.25) is 0 Å². The van der Waals surface area contributed by atoms with Crippen LogP contribution in [0.25, 0.3) is 0 Å². The number of carboxylic acids is 1. The van der Waals surface area contributed by atoms with Gasteiger partial charge in [0.2, 0.25) is 0 Å². The molecular weight excluding hydrogens is 458 g/mol. The lowest BCUT2D eigenvalue weighted by Gasteiger charge is -2.35. The Balaban J connectivity index is 2.39. The Morgan fingerprint density at radius 1 is 1.03 bits per heavy atom. The van der Waals surface area contributed by atoms with E-state index in [1.165, 1.54) is 28.5 Å². The van der Waals surface area contributed by atoms with Crippen LogP contribution in [0.4, 0.5) is 4.79 Å². The maximum atomic E-state index is 12.4. The number of nitrogens with one attached hydrogen (secondary N) is 1. The number of thioether (sulfide) groups is 1. The van der Waals surface area contributed by atoms with Gasteiger partial charge in [-0.25, -0.2) is 9.59 Å². The Morgan fingerprint density at radius 3 is 2.26 bits per heavy atom. The van der Waals surface area contributed by atoms with Crippen LogP contribution in [0.15, 0.2) is 34.9 Å². The minimum atomic E-state index is -1.03. The average molecular weight is 508 g/mol. The number of hydrogen-bond acceptors (Lipinski definition) is 4. The van der Waals surface area contributed by atoms with Crippen molar-refractivity contribution in [3.05, 3.63) is 34.9 Å². The van der Waals surface area contributed by atoms with Gasteiger partial charge in [-0.1, -0.05) is 55.7 Å². The third-order valence-corrected chi connectivity index (χ3v) is 7.88. The molecule has 0 aromatic carbocycles. The highest BCUT2D eigenvalue weighted by atomic mass is 32.2. The molecule has 0 saturated heterocycles. The zero-order valence-corrected chi connectivity index (χ0v) is 23.9. The first kappa shape index (κ1) is 31.3. The smallest absolute Gasteiger partial charge is 0.408 e. The van der Waals surface area contributed by atoms with Crippen molar-refractivity contribution in [3.63, 3.8) is 0 Å². The third-order valence-electron chi connectivity index (χ3n) is 6.91. The van der Waals surface area contributed by atoms with Crippen LogP contribution in [0.3, 0.4) is 0 Å². The zero-order valence-electron chi connectivity index (χ0n) is 23.1. The van der Waals surface area contributed by atoms with Crippen LogP contribution >= 0.6 is 11.8 Å². The molecule has 1 saturated carbocycles. The second kappa shape index (κ2) is 16.9. The van der Waals surface area contributed by atoms with Gasteiger partial charge >= 0.3 is 12.1 Å². The molecule has 0 aromatic heterocycles. The van der Waals surface area contributed by atoms with Gasteiger partial charge in [-0.05, 0) is 90.4 Å². The minimum Gasteiger partial charge on any atom is -0.480 e. The Morgan fingerprint density at radius 2 is 1.66 bits per heavy atom. The predicted octanol–water partition coefficient (Wildman–Crippen LogP) is 7.78. The van der Waals surface area contributed by atoms with Gasteiger partial charge in [-0.15, -0.1) is 0 Å². The van der Waals surface area contributed by atoms with Crippen molar-refractivity contribution in [1.82, 2.24) is 5.32 Å². The summed E-state index contributed by atoms with van der Waals surface area (Å²) in [6.07, 6.45) is 13.3. The number of amides is 1. The predicted molar refractivity (Wildman–Crippen MR) is 149 cm³/mol. The van der Waals surface area contributed by atoms with Crippen molar-refractivity contribution in [2.45, 2.75) is 106 Å². The molecule has 0 spiro atoms. The first-order chi connectivity index (χ1) is 16.5. The lowest BCUT2D eigenvalue weighted by atomic mass is 9.76. The van der Waals surface area contributed by atoms with Gasteiger partial charge in [0.1, 0.15) is 12.1 Å². The van der Waals surface area contributed by atoms with E-state index in [-0.39, 0.29) is 6.10 Å². The van der Waals surface area contributed by atoms with Crippen LogP contribution < -0.4 is 5.32 Å². The van der Waals surface area contributed by atoms with Crippen LogP contribution in [0.5, 0.6) is 0 Å². The SMILES string of the molecule is CC(C)=CCC/C(C)=C/CC/C(C)=C/CSC[C@H](NC(=O)OC1C[C@@H](C(C)C)CC[C@@H]1C)C(=O)O. The minimum absolute atomic E-state index is 0.145. The number of carboxylic acid groups (broad SMARTS) is 1. The second-order valence-electron chi connectivity index (χ2n) is 10.8. The summed E-state index contributed by atoms with van der Waals surface area (Å²) in [5.74, 6) is 1.42. The van der Waals surface area contributed by atoms with Crippen molar-refractivity contribution < 1.29 is 19.4 Å². The molecule has 4 atom stereocenters. The maximum Gasteiger partial charge on any atom is 0.408 e. The molecule has 1 rings (SSSR count). The molecule has 1 amide bonds. The summed E-state index contributed by atoms with van der Waals surface area (Å²) in [5.41, 5.74) is 4.09. The van der Waals surface area contributed by atoms with Crippen molar-refractivity contribution in [3.8, 4) is 0 Å². The van der Waals surface area contributed by atoms with E-state index in [1.54, 1.807) is 0 Å². The summed E-state index contributed by atoms with van der Waals surface area (Å²) in [6, 6.07) is -0.951. The summed E-state index contributed by atoms with van der Waals surface area (Å²) in [7, 11) is 0. The zero-order chi connectivity index (χ0) is 26.4. The van der Waals surface area contributed by atoms with Gasteiger partial charge in [0.05, 0.1) is 0 Å². The number of carbonyl (C=O) groups is 2. The Bertz CT molecular complexity index is 752. The highest BCUT2D eigenvalue weighted by Crippen LogP contribution is 2.35. The number of carbonyl (C=O) groups excluding carboxylic acids is 1. The van der Waals surface area contributed by atoms with Gasteiger partial charge < -0.3 is 15.2 Å². The number of rotatable bonds is 14. The number of alkyl carbamates (subject to hydrolysis) is 1. The molecule has 0 aromatic rings. The van der Waals surface area contributed by atoms with E-state index in [4.69, 9.17) is 4.74 Å². The largest absolute Gasteiger partial charge is 0.480 e. The second-order valence-corrected chi connectivity index (χ2v) is 11.8. The lowest BCUT2D eigenvalue weighted by molar-refractivity contribution is -0.138. The highest BCUT2D eigenvalue weighted by Gasteiger charge is 2.32. The number of aliphatic carboxylic acids is 1. The molecule has 1 aliphatic rings. The van der Waals surface area contributed by atoms with E-state index in [0.717, 1.165) is 50.7 Å². The molecule has 6 heteroatoms. The van der Waals surface area contributed by atoms with E-state index in [1.807, 2.05) is 0 Å². The van der Waals surface area contributed by atoms with Crippen LogP contribution in [-0.4, -0.2) is 40.8 Å². The van der Waals surface area contributed by atoms with E-state index in [9.17, 15) is 14.7 Å². The fraction of sp³-hybridized carbons (Fsp3) is 0.724. The number of allylic oxidation sites excluding steroid dienone is 5. The molecule has 1 aliphatic carbocycles. The van der Waals surface area contributed by atoms with Crippen molar-refractivity contribution >= 4 is 23.8 Å². The van der Waals surface area contributed by atoms with Crippen molar-refractivity contribution in [2.24, 2.45) is 17.8 Å². The van der Waals surface area contributed by atoms with Gasteiger partial charge in [-0.2, -0.15) is 11.8 Å². The van der Waals surface area contributed by atoms with E-state index >= 15 is 0 Å². The molecule has 5 nitrogen and oxygen atoms in total. The van der Waals surface area contributed by atoms with Gasteiger partial charge in [0, 0.05) is 11.5 Å². The molecular formula is C29H49NO4S. The Hall–Kier alpha value is -1.69. The van der Waals surface area contributed by atoms with Gasteiger partial charge in [0.25, 0.3) is 0 Å². The van der Waals surface area contributed by atoms with E-state index < -0.39 is 18.1 Å². The number of hydrogen-bond donors (Lipinski definition) is 2. The highest BCUT2D eigenvalue weighted by molar-refractivity contribution is 7.99. The lowest BCUT2D eigenvalue weighted by Crippen LogP contribution is -2.45. The van der Waals surface area contributed by atoms with Crippen LogP contribution in [-0.2, 0) is 9.53 Å². The summed E-state index contributed by atoms with van der Waals surface area (Å²) < 4.78 is 5.67. The standard InChI is InChI=1S/C29H49NO4S/c1-20(2)10-8-11-22(5)12-9-13-23(6)16-17-35-19-26(28(31)32)30-29(33)34-27-18-25(21(3)4)15-14-24(27)7/h10,12,16,21,24-27H,8-9,11,13-15,17-19H2,1-7H3,(H,30,33)(H,31,32)/b22-12+,23-16+/t24-,25-,26-,27?/m0/s1. The quantitative estimate of drug-likeness (QED) is 0.185. The van der Waals surface area contributed by atoms with Crippen LogP contribution in [0.2, 0.25) is 0 Å². The molecule has 0 radical (unpaired) electrons. The van der Waals surface area contributed by atoms with E-state index in [2.05, 4.69) is 72.0 Å². The molecule has 0 heterocycles. The maximum absolute atomic E-state index is 12.4. The summed E-state index contributed by atoms with van der Waals surface area (Å²) >= 11 is 1.52. The fourth-order valence-corrected chi connectivity index (χ4v) is 5.30. The normalized spacial score (nSPS) is 22.0. The van der Waals surface area contributed by atoms with Crippen molar-refractivity contribution in [2.75, 3.05) is 11.5 Å². The molecule has 1 fully saturated rings. The van der Waals surface area contributed by atoms with Gasteiger partial charge in [0.15, 0.2) is 0 Å². The molecule has 2 N–H and O–H groups in total. The molecule has 0 bridgehead atoms. The Labute approximate surface area is 218 Å². The summed E-state index contributed by atoms with van der Waals surface area (Å²) in [4.78, 5) is 24.1. The molecule has 0 aliphatic heterocycles. The fourth-order valence-electron chi connectivity index (χ4n) is 4.30. The van der Waals surface area contributed by atoms with Crippen LogP contribution in [0, 0.1) is 17.8 Å². The average Bonchev–Trinajstić information content (AvgIpc) is 2.76. The summed E-state index contributed by atoms with van der Waals surface area (Å²) in [6.45, 7) is 15.1. The molecule has 200 valence electrons. The van der Waals surface area contributed by atoms with Crippen LogP contribution in [0.1, 0.15) is 93.4 Å². The Kier molecular flexibility index (Phi) is 15.1. The first-order valence-electron chi connectivity index (χ1n) is 13.2. The third kappa shape index (κ3) is 13.8. The first-order valence-corrected chi connectivity index (χ1v) is 14.4. The monoisotopic (exact) mass is 507 g/mol. The van der Waals surface area contributed by atoms with E-state index in [0.29, 0.717) is 23.5 Å². The van der Waals surface area contributed by atoms with Crippen molar-refractivity contribution in [1.29, 1.82) is 0 Å². The summed E-state index contributed by atoms with van der Waals surface area (Å²) in [5, 5.41) is 12.1.